The lowest BCUT2D eigenvalue weighted by Gasteiger charge is -2.39. The highest BCUT2D eigenvalue weighted by Crippen LogP contribution is 2.44. The van der Waals surface area contributed by atoms with Gasteiger partial charge in [0, 0.05) is 24.7 Å². The highest BCUT2D eigenvalue weighted by atomic mass is 16.5. The maximum Gasteiger partial charge on any atom is 0.338 e. The Morgan fingerprint density at radius 2 is 1.88 bits per heavy atom. The van der Waals surface area contributed by atoms with Crippen LogP contribution in [0.25, 0.3) is 0 Å². The first-order chi connectivity index (χ1) is 15.3. The van der Waals surface area contributed by atoms with E-state index in [0.717, 1.165) is 49.0 Å². The molecular weight excluding hydrogens is 412 g/mol. The Hall–Kier alpha value is -2.71. The first-order valence-electron chi connectivity index (χ1n) is 11.2. The number of piperidine rings is 1. The topological polar surface area (TPSA) is 96.4 Å². The Kier molecular flexibility index (Phi) is 5.09. The predicted molar refractivity (Wildman–Crippen MR) is 113 cm³/mol. The lowest BCUT2D eigenvalue weighted by molar-refractivity contribution is -0.141. The van der Waals surface area contributed by atoms with Crippen molar-refractivity contribution in [1.82, 2.24) is 9.80 Å². The molecule has 4 heterocycles. The molecule has 1 spiro atoms. The molecule has 1 N–H and O–H groups in total. The van der Waals surface area contributed by atoms with Crippen molar-refractivity contribution in [2.24, 2.45) is 5.41 Å². The van der Waals surface area contributed by atoms with E-state index in [1.165, 1.54) is 6.08 Å². The second kappa shape index (κ2) is 7.71. The van der Waals surface area contributed by atoms with Gasteiger partial charge in [-0.2, -0.15) is 0 Å². The van der Waals surface area contributed by atoms with Crippen LogP contribution in [0.15, 0.2) is 23.9 Å². The van der Waals surface area contributed by atoms with Gasteiger partial charge in [-0.05, 0) is 63.4 Å². The van der Waals surface area contributed by atoms with Gasteiger partial charge in [0.15, 0.2) is 0 Å². The number of esters is 2. The van der Waals surface area contributed by atoms with Gasteiger partial charge in [0.05, 0.1) is 22.8 Å². The summed E-state index contributed by atoms with van der Waals surface area (Å²) in [7, 11) is 0. The number of rotatable bonds is 4. The summed E-state index contributed by atoms with van der Waals surface area (Å²) in [6.45, 7) is 6.53. The Balaban J connectivity index is 1.22. The molecule has 1 unspecified atom stereocenters. The predicted octanol–water partition coefficient (Wildman–Crippen LogP) is 1.84. The molecule has 4 aliphatic heterocycles. The van der Waals surface area contributed by atoms with Gasteiger partial charge in [-0.25, -0.2) is 9.59 Å². The highest BCUT2D eigenvalue weighted by molar-refractivity contribution is 5.94. The van der Waals surface area contributed by atoms with Crippen LogP contribution in [0.3, 0.4) is 0 Å². The molecule has 0 saturated carbocycles. The fourth-order valence-corrected chi connectivity index (χ4v) is 5.57. The fraction of sp³-hybridized carbons (Fsp3) is 0.542. The van der Waals surface area contributed by atoms with Crippen LogP contribution in [0.4, 0.5) is 0 Å². The Morgan fingerprint density at radius 3 is 2.56 bits per heavy atom. The van der Waals surface area contributed by atoms with E-state index in [-0.39, 0.29) is 30.6 Å². The second-order valence-electron chi connectivity index (χ2n) is 9.33. The largest absolute Gasteiger partial charge is 0.457 e. The van der Waals surface area contributed by atoms with Crippen molar-refractivity contribution in [2.75, 3.05) is 26.2 Å². The first-order valence-corrected chi connectivity index (χ1v) is 11.2. The number of hydrogen-bond donors (Lipinski definition) is 1. The van der Waals surface area contributed by atoms with E-state index in [2.05, 4.69) is 4.90 Å². The van der Waals surface area contributed by atoms with Crippen LogP contribution in [0.5, 0.6) is 0 Å². The van der Waals surface area contributed by atoms with Gasteiger partial charge in [-0.1, -0.05) is 6.07 Å². The average molecular weight is 440 g/mol. The molecule has 170 valence electrons. The van der Waals surface area contributed by atoms with Crippen molar-refractivity contribution in [3.8, 4) is 0 Å². The summed E-state index contributed by atoms with van der Waals surface area (Å²) in [5.74, 6) is -0.601. The summed E-state index contributed by atoms with van der Waals surface area (Å²) in [6, 6.07) is 3.55. The molecule has 0 aliphatic carbocycles. The second-order valence-corrected chi connectivity index (χ2v) is 9.33. The number of β-amino-alcohol motifs (C(OH)–C–C–N with tert-alkyl or cyclic N) is 1. The highest BCUT2D eigenvalue weighted by Gasteiger charge is 2.50. The number of aliphatic hydroxyl groups is 1. The van der Waals surface area contributed by atoms with Crippen LogP contribution in [0, 0.1) is 12.3 Å². The molecule has 32 heavy (non-hydrogen) atoms. The van der Waals surface area contributed by atoms with Gasteiger partial charge in [0.25, 0.3) is 0 Å². The quantitative estimate of drug-likeness (QED) is 0.714. The van der Waals surface area contributed by atoms with E-state index in [1.807, 2.05) is 13.0 Å². The molecule has 8 heteroatoms. The maximum atomic E-state index is 13.3. The number of fused-ring (bicyclic) bond motifs is 1. The third kappa shape index (κ3) is 3.33. The van der Waals surface area contributed by atoms with Gasteiger partial charge in [0.2, 0.25) is 5.91 Å². The third-order valence-corrected chi connectivity index (χ3v) is 7.61. The Bertz CT molecular complexity index is 1020. The summed E-state index contributed by atoms with van der Waals surface area (Å²) < 4.78 is 10.3. The molecule has 8 nitrogen and oxygen atoms in total. The van der Waals surface area contributed by atoms with Gasteiger partial charge >= 0.3 is 11.9 Å². The summed E-state index contributed by atoms with van der Waals surface area (Å²) in [4.78, 5) is 40.5. The minimum Gasteiger partial charge on any atom is -0.457 e. The lowest BCUT2D eigenvalue weighted by atomic mass is 9.77. The Labute approximate surface area is 186 Å². The van der Waals surface area contributed by atoms with E-state index < -0.39 is 11.5 Å². The minimum absolute atomic E-state index is 0.0910. The molecule has 2 fully saturated rings. The number of cyclic esters (lactones) is 2. The van der Waals surface area contributed by atoms with Crippen LogP contribution in [-0.4, -0.2) is 65.0 Å². The van der Waals surface area contributed by atoms with Crippen LogP contribution >= 0.6 is 0 Å². The van der Waals surface area contributed by atoms with Gasteiger partial charge < -0.3 is 24.4 Å². The molecule has 5 rings (SSSR count). The number of nitrogens with zero attached hydrogens (tertiary/aromatic N) is 2. The van der Waals surface area contributed by atoms with E-state index in [1.54, 1.807) is 17.9 Å². The molecule has 4 aliphatic rings. The van der Waals surface area contributed by atoms with Crippen LogP contribution < -0.4 is 0 Å². The van der Waals surface area contributed by atoms with E-state index in [0.29, 0.717) is 24.4 Å². The van der Waals surface area contributed by atoms with Crippen molar-refractivity contribution < 1.29 is 29.0 Å². The molecule has 0 aromatic heterocycles. The standard InChI is InChI=1S/C24H28N2O6/c1-14-16(3-4-17-18(14)13-31-22(17)29)20(27)12-25-8-5-24(6-9-25)7-10-26(23(24)30)19-11-21(28)32-15(19)2/h3-4,11,15,20,27H,5-10,12-13H2,1-2H3/t15?,20-/m0/s1. The normalized spacial score (nSPS) is 25.7. The number of aliphatic hydroxyl groups excluding tert-OH is 1. The maximum absolute atomic E-state index is 13.3. The smallest absolute Gasteiger partial charge is 0.338 e. The van der Waals surface area contributed by atoms with Crippen molar-refractivity contribution in [1.29, 1.82) is 0 Å². The summed E-state index contributed by atoms with van der Waals surface area (Å²) in [5, 5.41) is 10.9. The van der Waals surface area contributed by atoms with Crippen molar-refractivity contribution >= 4 is 17.8 Å². The van der Waals surface area contributed by atoms with Crippen LogP contribution in [0.2, 0.25) is 0 Å². The molecular formula is C24H28N2O6. The van der Waals surface area contributed by atoms with Gasteiger partial charge in [-0.15, -0.1) is 0 Å². The summed E-state index contributed by atoms with van der Waals surface area (Å²) in [5.41, 5.74) is 3.45. The number of carbonyl (C=O) groups is 3. The monoisotopic (exact) mass is 440 g/mol. The van der Waals surface area contributed by atoms with Gasteiger partial charge in [-0.3, -0.25) is 4.79 Å². The fourth-order valence-electron chi connectivity index (χ4n) is 5.57. The zero-order chi connectivity index (χ0) is 22.6. The molecule has 1 aromatic carbocycles. The van der Waals surface area contributed by atoms with E-state index in [4.69, 9.17) is 9.47 Å². The third-order valence-electron chi connectivity index (χ3n) is 7.61. The number of ether oxygens (including phenoxy) is 2. The first kappa shape index (κ1) is 21.2. The van der Waals surface area contributed by atoms with E-state index in [9.17, 15) is 19.5 Å². The number of amides is 1. The Morgan fingerprint density at radius 1 is 1.16 bits per heavy atom. The minimum atomic E-state index is -0.673. The SMILES string of the molecule is Cc1c([C@@H](O)CN2CCC3(CC2)CCN(C2=CC(=O)OC2C)C3=O)ccc2c1COC2=O. The molecule has 2 atom stereocenters. The summed E-state index contributed by atoms with van der Waals surface area (Å²) >= 11 is 0. The molecule has 0 bridgehead atoms. The average Bonchev–Trinajstić information content (AvgIpc) is 3.40. The van der Waals surface area contributed by atoms with E-state index >= 15 is 0 Å². The zero-order valence-corrected chi connectivity index (χ0v) is 18.4. The molecule has 1 aromatic rings. The number of benzene rings is 1. The lowest BCUT2D eigenvalue weighted by Crippen LogP contribution is -2.45. The van der Waals surface area contributed by atoms with Crippen LogP contribution in [-0.2, 0) is 25.7 Å². The van der Waals surface area contributed by atoms with Crippen molar-refractivity contribution in [3.05, 3.63) is 46.2 Å². The molecule has 0 radical (unpaired) electrons. The number of hydrogen-bond acceptors (Lipinski definition) is 7. The zero-order valence-electron chi connectivity index (χ0n) is 18.4. The van der Waals surface area contributed by atoms with Gasteiger partial charge in [0.1, 0.15) is 12.7 Å². The van der Waals surface area contributed by atoms with Crippen LogP contribution in [0.1, 0.15) is 59.3 Å². The number of likely N-dealkylation sites (tertiary alicyclic amines) is 2. The summed E-state index contributed by atoms with van der Waals surface area (Å²) in [6.07, 6.45) is 2.62. The molecule has 1 amide bonds. The number of carbonyl (C=O) groups excluding carboxylic acids is 3. The van der Waals surface area contributed by atoms with Crippen molar-refractivity contribution in [2.45, 2.75) is 51.9 Å². The molecule has 2 saturated heterocycles. The van der Waals surface area contributed by atoms with Crippen molar-refractivity contribution in [3.63, 3.8) is 0 Å².